The fourth-order valence-corrected chi connectivity index (χ4v) is 1.49. The molecule has 0 aliphatic heterocycles. The van der Waals surface area contributed by atoms with Crippen LogP contribution in [0.25, 0.3) is 0 Å². The molecule has 0 bridgehead atoms. The first-order valence-electron chi connectivity index (χ1n) is 6.44. The SMILES string of the molecule is CCC(COC)Nc1nnc(CNCC(C)C)o1. The van der Waals surface area contributed by atoms with E-state index < -0.39 is 0 Å². The van der Waals surface area contributed by atoms with Crippen molar-refractivity contribution in [2.45, 2.75) is 39.8 Å². The first-order valence-corrected chi connectivity index (χ1v) is 6.44. The van der Waals surface area contributed by atoms with Crippen molar-refractivity contribution in [2.75, 3.05) is 25.6 Å². The Labute approximate surface area is 108 Å². The third-order valence-electron chi connectivity index (χ3n) is 2.48. The molecule has 1 unspecified atom stereocenters. The molecule has 104 valence electrons. The van der Waals surface area contributed by atoms with E-state index in [1.807, 2.05) is 0 Å². The maximum absolute atomic E-state index is 5.49. The molecule has 0 saturated carbocycles. The summed E-state index contributed by atoms with van der Waals surface area (Å²) < 4.78 is 10.6. The minimum Gasteiger partial charge on any atom is -0.407 e. The highest BCUT2D eigenvalue weighted by Crippen LogP contribution is 2.08. The summed E-state index contributed by atoms with van der Waals surface area (Å²) >= 11 is 0. The summed E-state index contributed by atoms with van der Waals surface area (Å²) in [4.78, 5) is 0. The molecule has 6 heteroatoms. The number of ether oxygens (including phenoxy) is 1. The second-order valence-electron chi connectivity index (χ2n) is 4.73. The molecule has 0 saturated heterocycles. The molecule has 1 aromatic rings. The zero-order valence-electron chi connectivity index (χ0n) is 11.7. The summed E-state index contributed by atoms with van der Waals surface area (Å²) in [7, 11) is 1.68. The molecule has 2 N–H and O–H groups in total. The van der Waals surface area contributed by atoms with Crippen LogP contribution in [0.4, 0.5) is 6.01 Å². The van der Waals surface area contributed by atoms with Gasteiger partial charge in [-0.05, 0) is 18.9 Å². The van der Waals surface area contributed by atoms with Crippen LogP contribution in [0.15, 0.2) is 4.42 Å². The number of hydrogen-bond acceptors (Lipinski definition) is 6. The minimum atomic E-state index is 0.201. The third kappa shape index (κ3) is 5.46. The lowest BCUT2D eigenvalue weighted by atomic mass is 10.2. The van der Waals surface area contributed by atoms with Gasteiger partial charge in [-0.15, -0.1) is 5.10 Å². The third-order valence-corrected chi connectivity index (χ3v) is 2.48. The van der Waals surface area contributed by atoms with Gasteiger partial charge in [-0.2, -0.15) is 0 Å². The molecular weight excluding hydrogens is 232 g/mol. The van der Waals surface area contributed by atoms with Crippen molar-refractivity contribution in [3.8, 4) is 0 Å². The standard InChI is InChI=1S/C12H24N4O2/c1-5-10(8-17-4)14-12-16-15-11(18-12)7-13-6-9(2)3/h9-10,13H,5-8H2,1-4H3,(H,14,16). The maximum Gasteiger partial charge on any atom is 0.315 e. The Morgan fingerprint density at radius 2 is 2.11 bits per heavy atom. The molecule has 18 heavy (non-hydrogen) atoms. The van der Waals surface area contributed by atoms with Crippen molar-refractivity contribution in [3.05, 3.63) is 5.89 Å². The van der Waals surface area contributed by atoms with Crippen molar-refractivity contribution in [1.29, 1.82) is 0 Å². The molecule has 0 aliphatic carbocycles. The summed E-state index contributed by atoms with van der Waals surface area (Å²) in [6.45, 7) is 8.56. The molecule has 1 heterocycles. The lowest BCUT2D eigenvalue weighted by Gasteiger charge is -2.13. The molecule has 0 aromatic carbocycles. The van der Waals surface area contributed by atoms with Crippen LogP contribution in [0.5, 0.6) is 0 Å². The highest BCUT2D eigenvalue weighted by molar-refractivity contribution is 5.19. The summed E-state index contributed by atoms with van der Waals surface area (Å²) in [5, 5.41) is 14.4. The van der Waals surface area contributed by atoms with Crippen molar-refractivity contribution >= 4 is 6.01 Å². The second-order valence-corrected chi connectivity index (χ2v) is 4.73. The van der Waals surface area contributed by atoms with E-state index in [2.05, 4.69) is 41.6 Å². The number of methoxy groups -OCH3 is 1. The molecule has 0 aliphatic rings. The number of anilines is 1. The Morgan fingerprint density at radius 1 is 1.33 bits per heavy atom. The Morgan fingerprint density at radius 3 is 2.72 bits per heavy atom. The normalized spacial score (nSPS) is 12.9. The largest absolute Gasteiger partial charge is 0.407 e. The predicted molar refractivity (Wildman–Crippen MR) is 70.4 cm³/mol. The van der Waals surface area contributed by atoms with Crippen molar-refractivity contribution < 1.29 is 9.15 Å². The van der Waals surface area contributed by atoms with E-state index in [1.54, 1.807) is 7.11 Å². The first-order chi connectivity index (χ1) is 8.65. The van der Waals surface area contributed by atoms with Crippen molar-refractivity contribution in [3.63, 3.8) is 0 Å². The summed E-state index contributed by atoms with van der Waals surface area (Å²) in [6.07, 6.45) is 0.942. The Bertz CT molecular complexity index is 328. The number of nitrogens with zero attached hydrogens (tertiary/aromatic N) is 2. The molecular formula is C12H24N4O2. The van der Waals surface area contributed by atoms with Gasteiger partial charge in [0.2, 0.25) is 5.89 Å². The predicted octanol–water partition coefficient (Wildman–Crippen LogP) is 1.65. The van der Waals surface area contributed by atoms with E-state index in [0.717, 1.165) is 13.0 Å². The Hall–Kier alpha value is -1.14. The van der Waals surface area contributed by atoms with E-state index in [9.17, 15) is 0 Å². The van der Waals surface area contributed by atoms with Gasteiger partial charge in [-0.3, -0.25) is 0 Å². The maximum atomic E-state index is 5.49. The van der Waals surface area contributed by atoms with E-state index in [1.165, 1.54) is 0 Å². The van der Waals surface area contributed by atoms with Crippen LogP contribution in [0.3, 0.4) is 0 Å². The quantitative estimate of drug-likeness (QED) is 0.700. The molecule has 0 spiro atoms. The van der Waals surface area contributed by atoms with Gasteiger partial charge in [0, 0.05) is 7.11 Å². The van der Waals surface area contributed by atoms with Crippen LogP contribution < -0.4 is 10.6 Å². The highest BCUT2D eigenvalue weighted by atomic mass is 16.5. The van der Waals surface area contributed by atoms with Crippen molar-refractivity contribution in [1.82, 2.24) is 15.5 Å². The lowest BCUT2D eigenvalue weighted by Crippen LogP contribution is -2.24. The molecule has 1 atom stereocenters. The molecule has 0 radical (unpaired) electrons. The van der Waals surface area contributed by atoms with Crippen LogP contribution in [-0.4, -0.2) is 36.5 Å². The fraction of sp³-hybridized carbons (Fsp3) is 0.833. The molecule has 1 rings (SSSR count). The van der Waals surface area contributed by atoms with Gasteiger partial charge in [-0.1, -0.05) is 25.9 Å². The van der Waals surface area contributed by atoms with Gasteiger partial charge >= 0.3 is 6.01 Å². The Balaban J connectivity index is 2.37. The summed E-state index contributed by atoms with van der Waals surface area (Å²) in [6, 6.07) is 0.659. The topological polar surface area (TPSA) is 72.2 Å². The molecule has 0 fully saturated rings. The average Bonchev–Trinajstić information content (AvgIpc) is 2.76. The van der Waals surface area contributed by atoms with Gasteiger partial charge in [0.15, 0.2) is 0 Å². The highest BCUT2D eigenvalue weighted by Gasteiger charge is 2.11. The number of hydrogen-bond donors (Lipinski definition) is 2. The van der Waals surface area contributed by atoms with Gasteiger partial charge in [0.25, 0.3) is 0 Å². The average molecular weight is 256 g/mol. The van der Waals surface area contributed by atoms with Crippen LogP contribution in [0, 0.1) is 5.92 Å². The van der Waals surface area contributed by atoms with Gasteiger partial charge in [0.1, 0.15) is 0 Å². The zero-order valence-corrected chi connectivity index (χ0v) is 11.7. The van der Waals surface area contributed by atoms with Gasteiger partial charge in [-0.25, -0.2) is 0 Å². The van der Waals surface area contributed by atoms with Gasteiger partial charge in [0.05, 0.1) is 19.2 Å². The number of nitrogens with one attached hydrogen (secondary N) is 2. The fourth-order valence-electron chi connectivity index (χ4n) is 1.49. The lowest BCUT2D eigenvalue weighted by molar-refractivity contribution is 0.183. The van der Waals surface area contributed by atoms with Gasteiger partial charge < -0.3 is 19.8 Å². The first kappa shape index (κ1) is 14.9. The number of aromatic nitrogens is 2. The molecule has 1 aromatic heterocycles. The van der Waals surface area contributed by atoms with Crippen LogP contribution >= 0.6 is 0 Å². The molecule has 0 amide bonds. The zero-order chi connectivity index (χ0) is 13.4. The van der Waals surface area contributed by atoms with E-state index in [0.29, 0.717) is 31.0 Å². The minimum absolute atomic E-state index is 0.201. The smallest absolute Gasteiger partial charge is 0.315 e. The van der Waals surface area contributed by atoms with E-state index in [4.69, 9.17) is 9.15 Å². The van der Waals surface area contributed by atoms with E-state index in [-0.39, 0.29) is 6.04 Å². The van der Waals surface area contributed by atoms with Crippen LogP contribution in [0.2, 0.25) is 0 Å². The monoisotopic (exact) mass is 256 g/mol. The molecule has 6 nitrogen and oxygen atoms in total. The van der Waals surface area contributed by atoms with Crippen LogP contribution in [-0.2, 0) is 11.3 Å². The van der Waals surface area contributed by atoms with Crippen molar-refractivity contribution in [2.24, 2.45) is 5.92 Å². The summed E-state index contributed by atoms with van der Waals surface area (Å²) in [5.41, 5.74) is 0. The van der Waals surface area contributed by atoms with Crippen LogP contribution in [0.1, 0.15) is 33.1 Å². The number of rotatable bonds is 9. The van der Waals surface area contributed by atoms with E-state index >= 15 is 0 Å². The Kier molecular flexibility index (Phi) is 6.67. The summed E-state index contributed by atoms with van der Waals surface area (Å²) in [5.74, 6) is 1.21. The second kappa shape index (κ2) is 8.05.